The molecule has 0 aliphatic carbocycles. The minimum Gasteiger partial charge on any atom is -0.342 e. The van der Waals surface area contributed by atoms with Gasteiger partial charge in [0.05, 0.1) is 16.5 Å². The number of nitrogens with zero attached hydrogens (tertiary/aromatic N) is 5. The molecular formula is C25H30ClN5O6S. The summed E-state index contributed by atoms with van der Waals surface area (Å²) in [5.41, 5.74) is -0.692. The number of likely N-dealkylation sites (N-methyl/N-ethyl adjacent to an activating group) is 1. The van der Waals surface area contributed by atoms with Crippen LogP contribution in [0.25, 0.3) is 0 Å². The molecule has 2 heterocycles. The van der Waals surface area contributed by atoms with Crippen LogP contribution in [0.1, 0.15) is 26.7 Å². The first-order valence-corrected chi connectivity index (χ1v) is 14.2. The second-order valence-electron chi connectivity index (χ2n) is 9.28. The van der Waals surface area contributed by atoms with Gasteiger partial charge in [0.2, 0.25) is 21.8 Å². The highest BCUT2D eigenvalue weighted by Gasteiger charge is 2.55. The van der Waals surface area contributed by atoms with Crippen LogP contribution in [0.5, 0.6) is 0 Å². The first-order valence-electron chi connectivity index (χ1n) is 12.4. The van der Waals surface area contributed by atoms with E-state index in [-0.39, 0.29) is 60.9 Å². The normalized spacial score (nSPS) is 17.7. The van der Waals surface area contributed by atoms with Crippen molar-refractivity contribution in [3.8, 4) is 0 Å². The van der Waals surface area contributed by atoms with Gasteiger partial charge in [0.15, 0.2) is 0 Å². The quantitative estimate of drug-likeness (QED) is 0.357. The lowest BCUT2D eigenvalue weighted by Gasteiger charge is -2.42. The topological polar surface area (TPSA) is 124 Å². The molecule has 13 heteroatoms. The molecule has 2 fully saturated rings. The maximum absolute atomic E-state index is 13.8. The van der Waals surface area contributed by atoms with Crippen molar-refractivity contribution in [3.63, 3.8) is 0 Å². The third kappa shape index (κ3) is 4.95. The molecule has 2 aromatic carbocycles. The van der Waals surface area contributed by atoms with Crippen LogP contribution in [0.4, 0.5) is 11.4 Å². The largest absolute Gasteiger partial charge is 0.342 e. The average molecular weight is 564 g/mol. The summed E-state index contributed by atoms with van der Waals surface area (Å²) in [7, 11) is -4.07. The Labute approximate surface area is 226 Å². The van der Waals surface area contributed by atoms with Crippen molar-refractivity contribution < 1.29 is 22.9 Å². The van der Waals surface area contributed by atoms with E-state index in [4.69, 9.17) is 11.6 Å². The van der Waals surface area contributed by atoms with Gasteiger partial charge in [0.1, 0.15) is 17.1 Å². The molecule has 2 amide bonds. The molecule has 2 aliphatic heterocycles. The van der Waals surface area contributed by atoms with Gasteiger partial charge in [-0.1, -0.05) is 29.8 Å². The van der Waals surface area contributed by atoms with Gasteiger partial charge in [-0.3, -0.25) is 19.7 Å². The van der Waals surface area contributed by atoms with E-state index in [0.717, 1.165) is 11.8 Å². The van der Waals surface area contributed by atoms with Gasteiger partial charge in [-0.15, -0.1) is 0 Å². The summed E-state index contributed by atoms with van der Waals surface area (Å²) < 4.78 is 28.0. The number of hydrogen-bond donors (Lipinski definition) is 0. The molecule has 0 unspecified atom stereocenters. The lowest BCUT2D eigenvalue weighted by atomic mass is 9.86. The molecule has 204 valence electrons. The lowest BCUT2D eigenvalue weighted by molar-refractivity contribution is -0.384. The van der Waals surface area contributed by atoms with E-state index < -0.39 is 26.2 Å². The van der Waals surface area contributed by atoms with Crippen LogP contribution in [0.2, 0.25) is 5.02 Å². The molecule has 38 heavy (non-hydrogen) atoms. The van der Waals surface area contributed by atoms with Gasteiger partial charge in [-0.2, -0.15) is 4.31 Å². The second kappa shape index (κ2) is 10.9. The summed E-state index contributed by atoms with van der Waals surface area (Å²) in [4.78, 5) is 42.2. The monoisotopic (exact) mass is 563 g/mol. The Hall–Kier alpha value is -3.22. The number of hydrogen-bond acceptors (Lipinski definition) is 7. The Morgan fingerprint density at radius 1 is 1.11 bits per heavy atom. The Kier molecular flexibility index (Phi) is 7.96. The van der Waals surface area contributed by atoms with E-state index in [0.29, 0.717) is 13.1 Å². The summed E-state index contributed by atoms with van der Waals surface area (Å²) in [6.45, 7) is 5.08. The highest BCUT2D eigenvalue weighted by Crippen LogP contribution is 2.41. The van der Waals surface area contributed by atoms with Gasteiger partial charge < -0.3 is 14.7 Å². The van der Waals surface area contributed by atoms with Crippen molar-refractivity contribution in [2.75, 3.05) is 44.3 Å². The number of nitro benzene ring substituents is 1. The highest BCUT2D eigenvalue weighted by atomic mass is 35.5. The van der Waals surface area contributed by atoms with Crippen molar-refractivity contribution in [1.29, 1.82) is 0 Å². The van der Waals surface area contributed by atoms with Gasteiger partial charge in [-0.25, -0.2) is 8.42 Å². The van der Waals surface area contributed by atoms with E-state index in [9.17, 15) is 28.1 Å². The maximum Gasteiger partial charge on any atom is 0.289 e. The third-order valence-corrected chi connectivity index (χ3v) is 9.54. The first-order chi connectivity index (χ1) is 18.0. The number of anilines is 1. The molecule has 0 atom stereocenters. The summed E-state index contributed by atoms with van der Waals surface area (Å²) in [6, 6.07) is 12.8. The van der Waals surface area contributed by atoms with Gasteiger partial charge in [0, 0.05) is 37.9 Å². The highest BCUT2D eigenvalue weighted by molar-refractivity contribution is 7.89. The van der Waals surface area contributed by atoms with Crippen molar-refractivity contribution in [2.45, 2.75) is 37.1 Å². The van der Waals surface area contributed by atoms with Crippen LogP contribution < -0.4 is 4.90 Å². The van der Waals surface area contributed by atoms with Crippen molar-refractivity contribution >= 4 is 44.8 Å². The number of sulfonamides is 1. The number of carbonyl (C=O) groups is 2. The zero-order chi connectivity index (χ0) is 27.7. The number of nitro groups is 1. The van der Waals surface area contributed by atoms with Gasteiger partial charge >= 0.3 is 0 Å². The summed E-state index contributed by atoms with van der Waals surface area (Å²) in [5, 5.41) is 11.1. The minimum absolute atomic E-state index is 0.0334. The minimum atomic E-state index is -4.07. The fraction of sp³-hybridized carbons (Fsp3) is 0.440. The first kappa shape index (κ1) is 27.8. The molecular weight excluding hydrogens is 534 g/mol. The Bertz CT molecular complexity index is 1330. The predicted molar refractivity (Wildman–Crippen MR) is 142 cm³/mol. The molecule has 0 radical (unpaired) electrons. The molecule has 4 rings (SSSR count). The number of amides is 2. The SMILES string of the molecule is CCN(CC)C(=O)CN1CN(c2ccccc2)C2(CCN(S(=O)(=O)c3ccc(Cl)c([N+](=O)[O-])c3)CC2)C1=O. The maximum atomic E-state index is 13.8. The van der Waals surface area contributed by atoms with Crippen LogP contribution in [0, 0.1) is 10.1 Å². The zero-order valence-corrected chi connectivity index (χ0v) is 22.8. The molecule has 2 saturated heterocycles. The summed E-state index contributed by atoms with van der Waals surface area (Å²) in [5.74, 6) is -0.348. The number of benzene rings is 2. The molecule has 1 spiro atoms. The Morgan fingerprint density at radius 2 is 1.74 bits per heavy atom. The second-order valence-corrected chi connectivity index (χ2v) is 11.6. The zero-order valence-electron chi connectivity index (χ0n) is 21.2. The number of halogens is 1. The van der Waals surface area contributed by atoms with E-state index in [1.165, 1.54) is 16.4 Å². The number of carbonyl (C=O) groups excluding carboxylic acids is 2. The van der Waals surface area contributed by atoms with Crippen molar-refractivity contribution in [1.82, 2.24) is 14.1 Å². The fourth-order valence-electron chi connectivity index (χ4n) is 5.20. The van der Waals surface area contributed by atoms with E-state index >= 15 is 0 Å². The third-order valence-electron chi connectivity index (χ3n) is 7.33. The summed E-state index contributed by atoms with van der Waals surface area (Å²) >= 11 is 5.86. The molecule has 0 bridgehead atoms. The Balaban J connectivity index is 1.60. The summed E-state index contributed by atoms with van der Waals surface area (Å²) in [6.07, 6.45) is 0.400. The molecule has 0 N–H and O–H groups in total. The number of piperidine rings is 1. The van der Waals surface area contributed by atoms with Gasteiger partial charge in [-0.05, 0) is 51.0 Å². The molecule has 11 nitrogen and oxygen atoms in total. The molecule has 0 aromatic heterocycles. The Morgan fingerprint density at radius 3 is 2.32 bits per heavy atom. The lowest BCUT2D eigenvalue weighted by Crippen LogP contribution is -2.57. The van der Waals surface area contributed by atoms with Crippen LogP contribution in [0.3, 0.4) is 0 Å². The van der Waals surface area contributed by atoms with Crippen LogP contribution >= 0.6 is 11.6 Å². The van der Waals surface area contributed by atoms with Crippen LogP contribution in [0.15, 0.2) is 53.4 Å². The van der Waals surface area contributed by atoms with Crippen LogP contribution in [-0.4, -0.2) is 84.2 Å². The number of rotatable bonds is 8. The average Bonchev–Trinajstić information content (AvgIpc) is 3.16. The van der Waals surface area contributed by atoms with E-state index in [1.807, 2.05) is 49.1 Å². The molecule has 0 saturated carbocycles. The van der Waals surface area contributed by atoms with E-state index in [1.54, 1.807) is 9.80 Å². The number of para-hydroxylation sites is 1. The van der Waals surface area contributed by atoms with Gasteiger partial charge in [0.25, 0.3) is 5.69 Å². The predicted octanol–water partition coefficient (Wildman–Crippen LogP) is 2.95. The fourth-order valence-corrected chi connectivity index (χ4v) is 6.85. The van der Waals surface area contributed by atoms with Crippen LogP contribution in [-0.2, 0) is 19.6 Å². The van der Waals surface area contributed by atoms with Crippen molar-refractivity contribution in [2.24, 2.45) is 0 Å². The smallest absolute Gasteiger partial charge is 0.289 e. The molecule has 2 aliphatic rings. The van der Waals surface area contributed by atoms with E-state index in [2.05, 4.69) is 0 Å². The molecule has 2 aromatic rings. The standard InChI is InChI=1S/C25H30ClN5O6S/c1-3-27(4-2)23(32)17-28-18-30(19-8-6-5-7-9-19)25(24(28)33)12-14-29(15-13-25)38(36,37)20-10-11-21(26)22(16-20)31(34)35/h5-11,16H,3-4,12-15,17-18H2,1-2H3. The van der Waals surface area contributed by atoms with Crippen molar-refractivity contribution in [3.05, 3.63) is 63.7 Å².